The molecule has 0 aliphatic carbocycles. The molecular weight excluding hydrogens is 348 g/mol. The molecule has 5 nitrogen and oxygen atoms in total. The molecule has 142 valence electrons. The number of nitrogen functional groups attached to an aromatic ring is 1. The lowest BCUT2D eigenvalue weighted by atomic mass is 10.1. The Kier molecular flexibility index (Phi) is 4.43. The number of para-hydroxylation sites is 2. The van der Waals surface area contributed by atoms with Gasteiger partial charge in [0.1, 0.15) is 11.2 Å². The van der Waals surface area contributed by atoms with E-state index in [0.717, 1.165) is 44.4 Å². The number of benzene rings is 3. The van der Waals surface area contributed by atoms with Crippen molar-refractivity contribution in [2.75, 3.05) is 43.7 Å². The Morgan fingerprint density at radius 3 is 1.79 bits per heavy atom. The van der Waals surface area contributed by atoms with E-state index in [0.29, 0.717) is 5.69 Å². The van der Waals surface area contributed by atoms with E-state index in [1.165, 1.54) is 0 Å². The molecule has 0 fully saturated rings. The average molecular weight is 372 g/mol. The normalized spacial score (nSPS) is 11.0. The van der Waals surface area contributed by atoms with Gasteiger partial charge in [-0.15, -0.1) is 0 Å². The van der Waals surface area contributed by atoms with Crippen molar-refractivity contribution >= 4 is 44.7 Å². The fraction of sp³-hybridized carbons (Fsp3) is 0.174. The Labute approximate surface area is 164 Å². The second-order valence-corrected chi connectivity index (χ2v) is 7.27. The highest BCUT2D eigenvalue weighted by Gasteiger charge is 2.10. The minimum absolute atomic E-state index is 0.652. The van der Waals surface area contributed by atoms with Gasteiger partial charge in [-0.25, -0.2) is 4.99 Å². The van der Waals surface area contributed by atoms with Crippen molar-refractivity contribution in [3.05, 3.63) is 66.0 Å². The lowest BCUT2D eigenvalue weighted by molar-refractivity contribution is 0.659. The Morgan fingerprint density at radius 2 is 1.29 bits per heavy atom. The molecule has 1 heterocycles. The molecule has 4 rings (SSSR count). The van der Waals surface area contributed by atoms with Crippen LogP contribution in [0.25, 0.3) is 21.9 Å². The van der Waals surface area contributed by atoms with Crippen molar-refractivity contribution in [3.63, 3.8) is 0 Å². The van der Waals surface area contributed by atoms with Crippen molar-refractivity contribution in [1.82, 2.24) is 0 Å². The molecule has 0 aliphatic heterocycles. The molecule has 0 unspecified atom stereocenters. The molecule has 2 N–H and O–H groups in total. The van der Waals surface area contributed by atoms with E-state index < -0.39 is 0 Å². The third-order valence-electron chi connectivity index (χ3n) is 4.86. The number of hydrogen-bond acceptors (Lipinski definition) is 5. The molecule has 0 spiro atoms. The van der Waals surface area contributed by atoms with E-state index >= 15 is 0 Å². The Hall–Kier alpha value is -3.47. The molecular formula is C23H24N4O. The summed E-state index contributed by atoms with van der Waals surface area (Å²) in [5.41, 5.74) is 11.3. The van der Waals surface area contributed by atoms with Crippen LogP contribution in [0.3, 0.4) is 0 Å². The summed E-state index contributed by atoms with van der Waals surface area (Å²) in [5.74, 6) is 0. The Morgan fingerprint density at radius 1 is 0.750 bits per heavy atom. The average Bonchev–Trinajstić information content (AvgIpc) is 2.68. The van der Waals surface area contributed by atoms with Crippen LogP contribution in [-0.4, -0.2) is 28.2 Å². The topological polar surface area (TPSA) is 58.0 Å². The summed E-state index contributed by atoms with van der Waals surface area (Å²) in [5, 5.41) is 2.78. The Balaban J connectivity index is 2.13. The summed E-state index contributed by atoms with van der Waals surface area (Å²) in [6, 6.07) is 20.0. The first-order chi connectivity index (χ1) is 13.4. The zero-order chi connectivity index (χ0) is 19.8. The van der Waals surface area contributed by atoms with Gasteiger partial charge in [-0.05, 0) is 36.4 Å². The molecule has 0 radical (unpaired) electrons. The Bertz CT molecular complexity index is 1170. The zero-order valence-corrected chi connectivity index (χ0v) is 16.6. The monoisotopic (exact) mass is 372 g/mol. The summed E-state index contributed by atoms with van der Waals surface area (Å²) in [6.45, 7) is 0. The quantitative estimate of drug-likeness (QED) is 0.424. The number of hydrogen-bond donors (Lipinski definition) is 1. The van der Waals surface area contributed by atoms with E-state index in [-0.39, 0.29) is 0 Å². The van der Waals surface area contributed by atoms with Gasteiger partial charge in [0, 0.05) is 62.5 Å². The molecule has 1 aromatic heterocycles. The zero-order valence-electron chi connectivity index (χ0n) is 16.6. The summed E-state index contributed by atoms with van der Waals surface area (Å²) >= 11 is 0. The number of rotatable bonds is 3. The minimum Gasteiger partial charge on any atom is -0.456 e. The third kappa shape index (κ3) is 3.16. The molecule has 0 atom stereocenters. The summed E-state index contributed by atoms with van der Waals surface area (Å²) in [6.07, 6.45) is 0. The van der Waals surface area contributed by atoms with Gasteiger partial charge >= 0.3 is 0 Å². The summed E-state index contributed by atoms with van der Waals surface area (Å²) < 4.78 is 6.29. The van der Waals surface area contributed by atoms with Gasteiger partial charge in [0.15, 0.2) is 0 Å². The molecule has 5 heteroatoms. The van der Waals surface area contributed by atoms with Gasteiger partial charge in [0.2, 0.25) is 0 Å². The van der Waals surface area contributed by atoms with Crippen molar-refractivity contribution in [2.24, 2.45) is 4.99 Å². The third-order valence-corrected chi connectivity index (χ3v) is 4.86. The summed E-state index contributed by atoms with van der Waals surface area (Å²) in [4.78, 5) is 9.05. The van der Waals surface area contributed by atoms with Crippen LogP contribution in [0.15, 0.2) is 70.1 Å². The second kappa shape index (κ2) is 6.93. The van der Waals surface area contributed by atoms with Gasteiger partial charge in [0.25, 0.3) is 0 Å². The van der Waals surface area contributed by atoms with Crippen LogP contribution in [0.4, 0.5) is 22.7 Å². The SMILES string of the molecule is CN(C)c1ccc2c(=Nc3ccccc3N)c3ccc(N(C)C)cc3oc2c1. The smallest absolute Gasteiger partial charge is 0.138 e. The lowest BCUT2D eigenvalue weighted by Crippen LogP contribution is -2.11. The maximum absolute atomic E-state index is 6.29. The maximum atomic E-state index is 6.29. The number of nitrogens with zero attached hydrogens (tertiary/aromatic N) is 3. The number of nitrogens with two attached hydrogens (primary N) is 1. The van der Waals surface area contributed by atoms with Crippen molar-refractivity contribution in [1.29, 1.82) is 0 Å². The number of anilines is 3. The fourth-order valence-electron chi connectivity index (χ4n) is 3.23. The molecule has 28 heavy (non-hydrogen) atoms. The van der Waals surface area contributed by atoms with Gasteiger partial charge in [-0.3, -0.25) is 0 Å². The van der Waals surface area contributed by atoms with Crippen LogP contribution >= 0.6 is 0 Å². The first-order valence-corrected chi connectivity index (χ1v) is 9.18. The van der Waals surface area contributed by atoms with E-state index in [9.17, 15) is 0 Å². The second-order valence-electron chi connectivity index (χ2n) is 7.27. The first-order valence-electron chi connectivity index (χ1n) is 9.18. The van der Waals surface area contributed by atoms with E-state index in [1.807, 2.05) is 64.6 Å². The van der Waals surface area contributed by atoms with Gasteiger partial charge < -0.3 is 20.0 Å². The first kappa shape index (κ1) is 17.9. The summed E-state index contributed by atoms with van der Waals surface area (Å²) in [7, 11) is 8.06. The van der Waals surface area contributed by atoms with Gasteiger partial charge in [0.05, 0.1) is 16.7 Å². The molecule has 0 saturated heterocycles. The van der Waals surface area contributed by atoms with Gasteiger partial charge in [-0.1, -0.05) is 12.1 Å². The molecule has 0 aliphatic rings. The van der Waals surface area contributed by atoms with Crippen LogP contribution in [0, 0.1) is 0 Å². The number of fused-ring (bicyclic) bond motifs is 2. The van der Waals surface area contributed by atoms with E-state index in [1.54, 1.807) is 0 Å². The molecule has 3 aromatic carbocycles. The van der Waals surface area contributed by atoms with Crippen molar-refractivity contribution < 1.29 is 4.42 Å². The fourth-order valence-corrected chi connectivity index (χ4v) is 3.23. The predicted octanol–water partition coefficient (Wildman–Crippen LogP) is 4.53. The highest BCUT2D eigenvalue weighted by atomic mass is 16.3. The minimum atomic E-state index is 0.652. The highest BCUT2D eigenvalue weighted by molar-refractivity contribution is 5.92. The van der Waals surface area contributed by atoms with Crippen LogP contribution in [0.5, 0.6) is 0 Å². The maximum Gasteiger partial charge on any atom is 0.138 e. The van der Waals surface area contributed by atoms with Gasteiger partial charge in [-0.2, -0.15) is 0 Å². The molecule has 4 aromatic rings. The van der Waals surface area contributed by atoms with E-state index in [4.69, 9.17) is 15.1 Å². The van der Waals surface area contributed by atoms with E-state index in [2.05, 4.69) is 34.1 Å². The molecule has 0 amide bonds. The van der Waals surface area contributed by atoms with Crippen LogP contribution < -0.4 is 20.9 Å². The largest absolute Gasteiger partial charge is 0.456 e. The molecule has 0 bridgehead atoms. The highest BCUT2D eigenvalue weighted by Crippen LogP contribution is 2.27. The lowest BCUT2D eigenvalue weighted by Gasteiger charge is -2.15. The standard InChI is InChI=1S/C23H24N4O/c1-26(2)15-9-11-17-21(13-15)28-22-14-16(27(3)4)10-12-18(22)23(17)25-20-8-6-5-7-19(20)24/h5-14H,24H2,1-4H3. The van der Waals surface area contributed by atoms with Crippen LogP contribution in [0.2, 0.25) is 0 Å². The molecule has 0 saturated carbocycles. The van der Waals surface area contributed by atoms with Crippen molar-refractivity contribution in [2.45, 2.75) is 0 Å². The van der Waals surface area contributed by atoms with Crippen LogP contribution in [0.1, 0.15) is 0 Å². The predicted molar refractivity (Wildman–Crippen MR) is 118 cm³/mol. The van der Waals surface area contributed by atoms with Crippen LogP contribution in [-0.2, 0) is 0 Å². The van der Waals surface area contributed by atoms with Crippen molar-refractivity contribution in [3.8, 4) is 0 Å².